The zero-order chi connectivity index (χ0) is 13.8. The van der Waals surface area contributed by atoms with E-state index in [1.54, 1.807) is 0 Å². The molecule has 2 aromatic carbocycles. The van der Waals surface area contributed by atoms with Crippen LogP contribution in [0.5, 0.6) is 5.75 Å². The number of fused-ring (bicyclic) bond motifs is 1. The molecule has 2 nitrogen and oxygen atoms in total. The van der Waals surface area contributed by atoms with Gasteiger partial charge in [0.05, 0.1) is 12.7 Å². The highest BCUT2D eigenvalue weighted by Crippen LogP contribution is 2.37. The summed E-state index contributed by atoms with van der Waals surface area (Å²) in [6.45, 7) is 0.781. The molecule has 2 atom stereocenters. The summed E-state index contributed by atoms with van der Waals surface area (Å²) >= 11 is 0. The number of hydrogen-bond donors (Lipinski definition) is 1. The van der Waals surface area contributed by atoms with Crippen LogP contribution >= 0.6 is 0 Å². The summed E-state index contributed by atoms with van der Waals surface area (Å²) in [5, 5.41) is 10.3. The molecule has 0 aromatic heterocycles. The zero-order valence-electron chi connectivity index (χ0n) is 11.5. The highest BCUT2D eigenvalue weighted by atomic mass is 16.5. The molecular formula is C18H20O2. The lowest BCUT2D eigenvalue weighted by Gasteiger charge is -2.26. The number of aliphatic hydroxyl groups excluding tert-OH is 1. The van der Waals surface area contributed by atoms with Gasteiger partial charge in [-0.2, -0.15) is 0 Å². The standard InChI is InChI=1S/C18H20O2/c19-17(15-6-2-1-3-7-15)11-10-14-12-13-20-18-9-5-4-8-16(14)18/h1-9,14,17,19H,10-13H2. The van der Waals surface area contributed by atoms with E-state index in [1.807, 2.05) is 42.5 Å². The lowest BCUT2D eigenvalue weighted by atomic mass is 9.87. The summed E-state index contributed by atoms with van der Waals surface area (Å²) in [7, 11) is 0. The van der Waals surface area contributed by atoms with E-state index in [0.29, 0.717) is 5.92 Å². The van der Waals surface area contributed by atoms with Crippen LogP contribution in [0.15, 0.2) is 54.6 Å². The first-order chi connectivity index (χ1) is 9.84. The van der Waals surface area contributed by atoms with Crippen LogP contribution in [0.2, 0.25) is 0 Å². The average molecular weight is 268 g/mol. The van der Waals surface area contributed by atoms with E-state index in [9.17, 15) is 5.11 Å². The first-order valence-electron chi connectivity index (χ1n) is 7.29. The number of ether oxygens (including phenoxy) is 1. The minimum absolute atomic E-state index is 0.369. The summed E-state index contributed by atoms with van der Waals surface area (Å²) in [6, 6.07) is 18.2. The Hall–Kier alpha value is -1.80. The van der Waals surface area contributed by atoms with Crippen LogP contribution in [-0.4, -0.2) is 11.7 Å². The highest BCUT2D eigenvalue weighted by Gasteiger charge is 2.21. The van der Waals surface area contributed by atoms with E-state index in [4.69, 9.17) is 4.74 Å². The monoisotopic (exact) mass is 268 g/mol. The van der Waals surface area contributed by atoms with Crippen molar-refractivity contribution in [1.29, 1.82) is 0 Å². The van der Waals surface area contributed by atoms with Crippen molar-refractivity contribution < 1.29 is 9.84 Å². The first-order valence-corrected chi connectivity index (χ1v) is 7.29. The maximum Gasteiger partial charge on any atom is 0.122 e. The molecule has 2 heteroatoms. The van der Waals surface area contributed by atoms with E-state index in [0.717, 1.165) is 37.2 Å². The maximum atomic E-state index is 10.3. The number of rotatable bonds is 4. The maximum absolute atomic E-state index is 10.3. The predicted octanol–water partition coefficient (Wildman–Crippen LogP) is 4.07. The van der Waals surface area contributed by atoms with Gasteiger partial charge in [0, 0.05) is 0 Å². The Morgan fingerprint density at radius 2 is 1.80 bits per heavy atom. The van der Waals surface area contributed by atoms with Crippen LogP contribution in [0.25, 0.3) is 0 Å². The summed E-state index contributed by atoms with van der Waals surface area (Å²) in [6.07, 6.45) is 2.46. The summed E-state index contributed by atoms with van der Waals surface area (Å²) in [4.78, 5) is 0. The molecule has 104 valence electrons. The fraction of sp³-hybridized carbons (Fsp3) is 0.333. The first kappa shape index (κ1) is 13.2. The SMILES string of the molecule is OC(CCC1CCOc2ccccc21)c1ccccc1. The van der Waals surface area contributed by atoms with Gasteiger partial charge in [-0.25, -0.2) is 0 Å². The third kappa shape index (κ3) is 2.86. The van der Waals surface area contributed by atoms with Crippen molar-refractivity contribution in [2.45, 2.75) is 31.3 Å². The van der Waals surface area contributed by atoms with Crippen LogP contribution < -0.4 is 4.74 Å². The van der Waals surface area contributed by atoms with Gasteiger partial charge in [0.2, 0.25) is 0 Å². The van der Waals surface area contributed by atoms with E-state index in [-0.39, 0.29) is 6.10 Å². The van der Waals surface area contributed by atoms with Gasteiger partial charge in [-0.1, -0.05) is 48.5 Å². The largest absolute Gasteiger partial charge is 0.493 e. The van der Waals surface area contributed by atoms with E-state index in [1.165, 1.54) is 5.56 Å². The predicted molar refractivity (Wildman–Crippen MR) is 79.9 cm³/mol. The van der Waals surface area contributed by atoms with E-state index < -0.39 is 0 Å². The van der Waals surface area contributed by atoms with Crippen molar-refractivity contribution in [2.24, 2.45) is 0 Å². The molecule has 1 aliphatic rings. The molecule has 1 heterocycles. The number of benzene rings is 2. The van der Waals surface area contributed by atoms with Crippen LogP contribution in [0, 0.1) is 0 Å². The molecule has 0 amide bonds. The molecule has 0 saturated carbocycles. The molecular weight excluding hydrogens is 248 g/mol. The van der Waals surface area contributed by atoms with Crippen LogP contribution in [0.4, 0.5) is 0 Å². The zero-order valence-corrected chi connectivity index (χ0v) is 11.5. The van der Waals surface area contributed by atoms with Gasteiger partial charge in [0.15, 0.2) is 0 Å². The molecule has 0 bridgehead atoms. The average Bonchev–Trinajstić information content (AvgIpc) is 2.53. The molecule has 1 N–H and O–H groups in total. The van der Waals surface area contributed by atoms with Crippen molar-refractivity contribution in [3.05, 3.63) is 65.7 Å². The molecule has 2 unspecified atom stereocenters. The Morgan fingerprint density at radius 1 is 1.05 bits per heavy atom. The molecule has 0 radical (unpaired) electrons. The molecule has 2 aromatic rings. The van der Waals surface area contributed by atoms with Crippen LogP contribution in [-0.2, 0) is 0 Å². The second kappa shape index (κ2) is 6.10. The van der Waals surface area contributed by atoms with Crippen molar-refractivity contribution in [2.75, 3.05) is 6.61 Å². The Labute approximate surface area is 120 Å². The van der Waals surface area contributed by atoms with Crippen molar-refractivity contribution in [3.8, 4) is 5.75 Å². The Balaban J connectivity index is 1.65. The van der Waals surface area contributed by atoms with Gasteiger partial charge in [0.25, 0.3) is 0 Å². The molecule has 20 heavy (non-hydrogen) atoms. The summed E-state index contributed by atoms with van der Waals surface area (Å²) in [5.41, 5.74) is 2.30. The molecule has 0 spiro atoms. The molecule has 0 fully saturated rings. The third-order valence-corrected chi connectivity index (χ3v) is 4.06. The highest BCUT2D eigenvalue weighted by molar-refractivity contribution is 5.37. The molecule has 1 aliphatic heterocycles. The van der Waals surface area contributed by atoms with Crippen molar-refractivity contribution >= 4 is 0 Å². The van der Waals surface area contributed by atoms with E-state index in [2.05, 4.69) is 12.1 Å². The molecule has 3 rings (SSSR count). The summed E-state index contributed by atoms with van der Waals surface area (Å²) in [5.74, 6) is 1.51. The van der Waals surface area contributed by atoms with Gasteiger partial charge < -0.3 is 9.84 Å². The summed E-state index contributed by atoms with van der Waals surface area (Å²) < 4.78 is 5.68. The number of para-hydroxylation sites is 1. The fourth-order valence-electron chi connectivity index (χ4n) is 2.92. The van der Waals surface area contributed by atoms with Gasteiger partial charge >= 0.3 is 0 Å². The lowest BCUT2D eigenvalue weighted by molar-refractivity contribution is 0.156. The van der Waals surface area contributed by atoms with Gasteiger partial charge in [0.1, 0.15) is 5.75 Å². The molecule has 0 saturated heterocycles. The van der Waals surface area contributed by atoms with Crippen LogP contribution in [0.3, 0.4) is 0 Å². The van der Waals surface area contributed by atoms with Crippen molar-refractivity contribution in [3.63, 3.8) is 0 Å². The Morgan fingerprint density at radius 3 is 2.65 bits per heavy atom. The lowest BCUT2D eigenvalue weighted by Crippen LogP contribution is -2.15. The topological polar surface area (TPSA) is 29.5 Å². The third-order valence-electron chi connectivity index (χ3n) is 4.06. The Kier molecular flexibility index (Phi) is 4.03. The minimum Gasteiger partial charge on any atom is -0.493 e. The normalized spacial score (nSPS) is 18.9. The van der Waals surface area contributed by atoms with Crippen molar-refractivity contribution in [1.82, 2.24) is 0 Å². The smallest absolute Gasteiger partial charge is 0.122 e. The van der Waals surface area contributed by atoms with Gasteiger partial charge in [-0.3, -0.25) is 0 Å². The molecule has 0 aliphatic carbocycles. The minimum atomic E-state index is -0.369. The number of aliphatic hydroxyl groups is 1. The van der Waals surface area contributed by atoms with Gasteiger partial charge in [-0.15, -0.1) is 0 Å². The van der Waals surface area contributed by atoms with Gasteiger partial charge in [-0.05, 0) is 42.4 Å². The fourth-order valence-corrected chi connectivity index (χ4v) is 2.92. The quantitative estimate of drug-likeness (QED) is 0.905. The van der Waals surface area contributed by atoms with E-state index >= 15 is 0 Å². The second-order valence-electron chi connectivity index (χ2n) is 5.38. The van der Waals surface area contributed by atoms with Crippen LogP contribution in [0.1, 0.15) is 42.4 Å². The number of hydrogen-bond acceptors (Lipinski definition) is 2. The second-order valence-corrected chi connectivity index (χ2v) is 5.38. The Bertz CT molecular complexity index is 550.